The summed E-state index contributed by atoms with van der Waals surface area (Å²) in [7, 11) is 0. The number of H-pyrrole nitrogens is 2. The Morgan fingerprint density at radius 3 is 2.60 bits per heavy atom. The first-order valence-corrected chi connectivity index (χ1v) is 4.29. The van der Waals surface area contributed by atoms with Gasteiger partial charge in [0.2, 0.25) is 0 Å². The van der Waals surface area contributed by atoms with Crippen LogP contribution in [0.15, 0.2) is 12.7 Å². The molecule has 3 N–H and O–H groups in total. The minimum absolute atomic E-state index is 0.00187. The van der Waals surface area contributed by atoms with E-state index in [4.69, 9.17) is 0 Å². The Morgan fingerprint density at radius 1 is 1.27 bits per heavy atom. The molecule has 0 fully saturated rings. The summed E-state index contributed by atoms with van der Waals surface area (Å²) in [5, 5.41) is 21.5. The highest BCUT2D eigenvalue weighted by Crippen LogP contribution is 2.18. The largest absolute Gasteiger partial charge is 0.389 e. The van der Waals surface area contributed by atoms with Crippen molar-refractivity contribution >= 4 is 0 Å². The average Bonchev–Trinajstić information content (AvgIpc) is 2.88. The molecule has 2 heterocycles. The zero-order valence-corrected chi connectivity index (χ0v) is 7.63. The molecular weight excluding hydrogens is 203 g/mol. The van der Waals surface area contributed by atoms with Crippen molar-refractivity contribution in [3.05, 3.63) is 24.3 Å². The second kappa shape index (κ2) is 4.13. The first kappa shape index (κ1) is 9.71. The van der Waals surface area contributed by atoms with Crippen molar-refractivity contribution < 1.29 is 9.50 Å². The third-order valence-corrected chi connectivity index (χ3v) is 1.90. The molecule has 15 heavy (non-hydrogen) atoms. The number of aliphatic hydroxyl groups is 1. The molecule has 2 rings (SSSR count). The van der Waals surface area contributed by atoms with Gasteiger partial charge in [-0.3, -0.25) is 10.2 Å². The molecule has 0 saturated carbocycles. The molecule has 0 bridgehead atoms. The summed E-state index contributed by atoms with van der Waals surface area (Å²) in [5.74, 6) is 0.423. The van der Waals surface area contributed by atoms with Crippen molar-refractivity contribution in [3.8, 4) is 0 Å². The molecule has 0 spiro atoms. The van der Waals surface area contributed by atoms with Gasteiger partial charge in [0.05, 0.1) is 6.10 Å². The summed E-state index contributed by atoms with van der Waals surface area (Å²) in [6.07, 6.45) is -0.321. The van der Waals surface area contributed by atoms with Crippen molar-refractivity contribution in [2.75, 3.05) is 0 Å². The summed E-state index contributed by atoms with van der Waals surface area (Å²) >= 11 is 0. The number of aromatic nitrogens is 6. The summed E-state index contributed by atoms with van der Waals surface area (Å²) in [4.78, 5) is 7.40. The Labute approximate surface area is 83.8 Å². The average molecular weight is 212 g/mol. The van der Waals surface area contributed by atoms with E-state index in [1.54, 1.807) is 0 Å². The van der Waals surface area contributed by atoms with E-state index >= 15 is 0 Å². The molecule has 80 valence electrons. The number of halogens is 1. The summed E-state index contributed by atoms with van der Waals surface area (Å²) in [6, 6.07) is 0. The van der Waals surface area contributed by atoms with Crippen LogP contribution in [0.25, 0.3) is 0 Å². The maximum atomic E-state index is 13.5. The first-order chi connectivity index (χ1) is 7.27. The van der Waals surface area contributed by atoms with Gasteiger partial charge in [-0.05, 0) is 0 Å². The van der Waals surface area contributed by atoms with Crippen LogP contribution < -0.4 is 0 Å². The van der Waals surface area contributed by atoms with E-state index in [0.717, 1.165) is 0 Å². The summed E-state index contributed by atoms with van der Waals surface area (Å²) in [5.41, 5.74) is 0. The fraction of sp³-hybridized carbons (Fsp3) is 0.429. The molecule has 7 nitrogen and oxygen atoms in total. The smallest absolute Gasteiger partial charge is 0.185 e. The topological polar surface area (TPSA) is 103 Å². The van der Waals surface area contributed by atoms with Gasteiger partial charge in [0.25, 0.3) is 0 Å². The summed E-state index contributed by atoms with van der Waals surface area (Å²) < 4.78 is 13.5. The monoisotopic (exact) mass is 212 g/mol. The fourth-order valence-electron chi connectivity index (χ4n) is 1.16. The van der Waals surface area contributed by atoms with Gasteiger partial charge in [-0.2, -0.15) is 10.2 Å². The first-order valence-electron chi connectivity index (χ1n) is 4.29. The Morgan fingerprint density at radius 2 is 2.00 bits per heavy atom. The number of rotatable bonds is 4. The Hall–Kier alpha value is -1.83. The van der Waals surface area contributed by atoms with Gasteiger partial charge in [-0.15, -0.1) is 0 Å². The second-order valence-electron chi connectivity index (χ2n) is 2.98. The molecule has 0 aliphatic carbocycles. The molecule has 0 aliphatic heterocycles. The normalized spacial score (nSPS) is 15.1. The molecule has 0 radical (unpaired) electrons. The van der Waals surface area contributed by atoms with Gasteiger partial charge in [0.15, 0.2) is 12.0 Å². The van der Waals surface area contributed by atoms with E-state index in [0.29, 0.717) is 5.82 Å². The molecule has 0 aromatic carbocycles. The van der Waals surface area contributed by atoms with Crippen LogP contribution in [0.2, 0.25) is 0 Å². The molecule has 2 atom stereocenters. The minimum Gasteiger partial charge on any atom is -0.389 e. The highest BCUT2D eigenvalue weighted by Gasteiger charge is 2.24. The second-order valence-corrected chi connectivity index (χ2v) is 2.98. The van der Waals surface area contributed by atoms with Crippen LogP contribution in [0.1, 0.15) is 17.8 Å². The standard InChI is InChI=1S/C7H9FN6O/c8-6(7-10-3-12-14-7)4(15)1-5-9-2-11-13-5/h2-4,6,15H,1H2,(H,9,11,13)(H,10,12,14). The molecule has 0 amide bonds. The van der Waals surface area contributed by atoms with Crippen molar-refractivity contribution in [3.63, 3.8) is 0 Å². The Kier molecular flexibility index (Phi) is 2.68. The molecule has 2 aromatic heterocycles. The third-order valence-electron chi connectivity index (χ3n) is 1.90. The quantitative estimate of drug-likeness (QED) is 0.636. The lowest BCUT2D eigenvalue weighted by Crippen LogP contribution is -2.19. The van der Waals surface area contributed by atoms with E-state index < -0.39 is 12.3 Å². The third kappa shape index (κ3) is 2.15. The predicted octanol–water partition coefficient (Wildman–Crippen LogP) is -0.463. The molecule has 0 aliphatic rings. The van der Waals surface area contributed by atoms with Gasteiger partial charge in [0, 0.05) is 6.42 Å². The van der Waals surface area contributed by atoms with Crippen LogP contribution in [0, 0.1) is 0 Å². The number of nitrogens with one attached hydrogen (secondary N) is 2. The molecule has 8 heteroatoms. The van der Waals surface area contributed by atoms with Gasteiger partial charge >= 0.3 is 0 Å². The van der Waals surface area contributed by atoms with Crippen LogP contribution >= 0.6 is 0 Å². The number of nitrogens with zero attached hydrogens (tertiary/aromatic N) is 4. The maximum absolute atomic E-state index is 13.5. The van der Waals surface area contributed by atoms with Crippen molar-refractivity contribution in [1.29, 1.82) is 0 Å². The van der Waals surface area contributed by atoms with E-state index in [2.05, 4.69) is 30.4 Å². The van der Waals surface area contributed by atoms with E-state index in [9.17, 15) is 9.50 Å². The van der Waals surface area contributed by atoms with Gasteiger partial charge in [-0.1, -0.05) is 0 Å². The highest BCUT2D eigenvalue weighted by atomic mass is 19.1. The predicted molar refractivity (Wildman–Crippen MR) is 46.3 cm³/mol. The number of hydrogen-bond acceptors (Lipinski definition) is 5. The number of aromatic amines is 2. The van der Waals surface area contributed by atoms with Gasteiger partial charge in [0.1, 0.15) is 18.5 Å². The number of hydrogen-bond donors (Lipinski definition) is 3. The van der Waals surface area contributed by atoms with E-state index in [1.807, 2.05) is 0 Å². The van der Waals surface area contributed by atoms with Crippen LogP contribution in [-0.4, -0.2) is 41.6 Å². The number of aliphatic hydroxyl groups excluding tert-OH is 1. The zero-order valence-electron chi connectivity index (χ0n) is 7.63. The van der Waals surface area contributed by atoms with Crippen molar-refractivity contribution in [2.24, 2.45) is 0 Å². The van der Waals surface area contributed by atoms with Crippen LogP contribution in [0.4, 0.5) is 4.39 Å². The Bertz CT molecular complexity index is 388. The zero-order chi connectivity index (χ0) is 10.7. The fourth-order valence-corrected chi connectivity index (χ4v) is 1.16. The van der Waals surface area contributed by atoms with Crippen LogP contribution in [0.3, 0.4) is 0 Å². The lowest BCUT2D eigenvalue weighted by Gasteiger charge is -2.11. The molecule has 2 unspecified atom stereocenters. The van der Waals surface area contributed by atoms with Gasteiger partial charge in [-0.25, -0.2) is 14.4 Å². The lowest BCUT2D eigenvalue weighted by atomic mass is 10.1. The van der Waals surface area contributed by atoms with Crippen LogP contribution in [0.5, 0.6) is 0 Å². The van der Waals surface area contributed by atoms with Crippen LogP contribution in [-0.2, 0) is 6.42 Å². The minimum atomic E-state index is -1.61. The highest BCUT2D eigenvalue weighted by molar-refractivity contribution is 4.94. The SMILES string of the molecule is OC(Cc1ncn[nH]1)C(F)c1ncn[nH]1. The molecule has 0 saturated heterocycles. The summed E-state index contributed by atoms with van der Waals surface area (Å²) in [6.45, 7) is 0. The maximum Gasteiger partial charge on any atom is 0.185 e. The van der Waals surface area contributed by atoms with Crippen molar-refractivity contribution in [1.82, 2.24) is 30.4 Å². The lowest BCUT2D eigenvalue weighted by molar-refractivity contribution is 0.0715. The molecule has 2 aromatic rings. The van der Waals surface area contributed by atoms with E-state index in [-0.39, 0.29) is 12.2 Å². The van der Waals surface area contributed by atoms with Crippen molar-refractivity contribution in [2.45, 2.75) is 18.7 Å². The Balaban J connectivity index is 1.99. The van der Waals surface area contributed by atoms with Gasteiger partial charge < -0.3 is 5.11 Å². The number of alkyl halides is 1. The molecular formula is C7H9FN6O. The van der Waals surface area contributed by atoms with E-state index in [1.165, 1.54) is 12.7 Å².